The molecule has 3 atom stereocenters. The largest absolute Gasteiger partial charge is 0.392 e. The fourth-order valence-electron chi connectivity index (χ4n) is 2.38. The van der Waals surface area contributed by atoms with Crippen LogP contribution in [-0.2, 0) is 9.47 Å². The molecule has 1 fully saturated rings. The minimum atomic E-state index is -0.528. The molecule has 1 aliphatic carbocycles. The average Bonchev–Trinajstić information content (AvgIpc) is 2.45. The molecule has 0 aromatic rings. The highest BCUT2D eigenvalue weighted by atomic mass is 16.5. The number of nitrogens with one attached hydrogen (secondary N) is 1. The third-order valence-corrected chi connectivity index (χ3v) is 3.67. The highest BCUT2D eigenvalue weighted by Gasteiger charge is 2.22. The van der Waals surface area contributed by atoms with Crippen LogP contribution < -0.4 is 5.32 Å². The van der Waals surface area contributed by atoms with E-state index in [1.54, 1.807) is 0 Å². The van der Waals surface area contributed by atoms with Gasteiger partial charge >= 0.3 is 0 Å². The lowest BCUT2D eigenvalue weighted by atomic mass is 9.92. The molecule has 1 rings (SSSR count). The molecule has 3 unspecified atom stereocenters. The summed E-state index contributed by atoms with van der Waals surface area (Å²) in [4.78, 5) is 0. The number of aliphatic hydroxyl groups is 2. The van der Waals surface area contributed by atoms with E-state index in [-0.39, 0.29) is 12.1 Å². The number of unbranched alkanes of at least 4 members (excludes halogenated alkanes) is 1. The van der Waals surface area contributed by atoms with Crippen LogP contribution in [0.5, 0.6) is 0 Å². The Morgan fingerprint density at radius 3 is 2.65 bits per heavy atom. The zero-order valence-corrected chi connectivity index (χ0v) is 12.7. The molecule has 5 nitrogen and oxygen atoms in total. The van der Waals surface area contributed by atoms with Crippen LogP contribution in [0.2, 0.25) is 0 Å². The molecule has 0 spiro atoms. The van der Waals surface area contributed by atoms with Gasteiger partial charge in [-0.1, -0.05) is 26.2 Å². The molecule has 0 radical (unpaired) electrons. The van der Waals surface area contributed by atoms with E-state index in [0.29, 0.717) is 26.4 Å². The lowest BCUT2D eigenvalue weighted by Crippen LogP contribution is -2.45. The van der Waals surface area contributed by atoms with Crippen molar-refractivity contribution in [3.05, 3.63) is 0 Å². The molecule has 0 aliphatic heterocycles. The smallest absolute Gasteiger partial charge is 0.0897 e. The van der Waals surface area contributed by atoms with Crippen molar-refractivity contribution < 1.29 is 19.7 Å². The van der Waals surface area contributed by atoms with E-state index >= 15 is 0 Å². The predicted molar refractivity (Wildman–Crippen MR) is 78.8 cm³/mol. The number of ether oxygens (including phenoxy) is 2. The standard InChI is InChI=1S/C15H31NO4/c1-2-3-8-19-9-10-20-12-13(17)11-16-14-6-4-5-7-15(14)18/h13-18H,2-12H2,1H3. The predicted octanol–water partition coefficient (Wildman–Crippen LogP) is 1.07. The number of hydrogen-bond donors (Lipinski definition) is 3. The molecule has 0 heterocycles. The fraction of sp³-hybridized carbons (Fsp3) is 1.00. The molecule has 1 saturated carbocycles. The highest BCUT2D eigenvalue weighted by Crippen LogP contribution is 2.18. The second-order valence-electron chi connectivity index (χ2n) is 5.56. The van der Waals surface area contributed by atoms with Gasteiger partial charge in [0.05, 0.1) is 32.0 Å². The van der Waals surface area contributed by atoms with E-state index in [1.165, 1.54) is 0 Å². The summed E-state index contributed by atoms with van der Waals surface area (Å²) in [7, 11) is 0. The molecule has 1 aliphatic rings. The third kappa shape index (κ3) is 8.17. The van der Waals surface area contributed by atoms with Gasteiger partial charge in [-0.2, -0.15) is 0 Å². The summed E-state index contributed by atoms with van der Waals surface area (Å²) >= 11 is 0. The maximum Gasteiger partial charge on any atom is 0.0897 e. The lowest BCUT2D eigenvalue weighted by molar-refractivity contribution is 0.000113. The molecule has 20 heavy (non-hydrogen) atoms. The summed E-state index contributed by atoms with van der Waals surface area (Å²) < 4.78 is 10.7. The fourth-order valence-corrected chi connectivity index (χ4v) is 2.38. The Balaban J connectivity index is 1.93. The Hall–Kier alpha value is -0.200. The number of rotatable bonds is 11. The Bertz CT molecular complexity index is 228. The molecule has 120 valence electrons. The van der Waals surface area contributed by atoms with Gasteiger partial charge in [0.2, 0.25) is 0 Å². The van der Waals surface area contributed by atoms with Crippen molar-refractivity contribution in [2.75, 3.05) is 33.0 Å². The molecular weight excluding hydrogens is 258 g/mol. The molecule has 0 aromatic heterocycles. The van der Waals surface area contributed by atoms with Crippen LogP contribution in [0.3, 0.4) is 0 Å². The average molecular weight is 289 g/mol. The molecule has 5 heteroatoms. The minimum absolute atomic E-state index is 0.121. The van der Waals surface area contributed by atoms with Crippen LogP contribution in [0.25, 0.3) is 0 Å². The van der Waals surface area contributed by atoms with Gasteiger partial charge in [-0.15, -0.1) is 0 Å². The Morgan fingerprint density at radius 1 is 1.15 bits per heavy atom. The summed E-state index contributed by atoms with van der Waals surface area (Å²) in [6.45, 7) is 4.80. The maximum absolute atomic E-state index is 9.81. The summed E-state index contributed by atoms with van der Waals surface area (Å²) in [5, 5.41) is 22.8. The first kappa shape index (κ1) is 17.9. The van der Waals surface area contributed by atoms with Crippen molar-refractivity contribution in [2.45, 2.75) is 63.7 Å². The van der Waals surface area contributed by atoms with E-state index in [9.17, 15) is 10.2 Å². The number of hydrogen-bond acceptors (Lipinski definition) is 5. The van der Waals surface area contributed by atoms with Crippen LogP contribution in [0.1, 0.15) is 45.4 Å². The van der Waals surface area contributed by atoms with E-state index in [4.69, 9.17) is 9.47 Å². The quantitative estimate of drug-likeness (QED) is 0.496. The van der Waals surface area contributed by atoms with Gasteiger partial charge < -0.3 is 25.0 Å². The van der Waals surface area contributed by atoms with Crippen LogP contribution in [0.4, 0.5) is 0 Å². The van der Waals surface area contributed by atoms with Crippen molar-refractivity contribution in [3.63, 3.8) is 0 Å². The molecule has 3 N–H and O–H groups in total. The first-order chi connectivity index (χ1) is 9.74. The van der Waals surface area contributed by atoms with Crippen molar-refractivity contribution in [1.82, 2.24) is 5.32 Å². The molecule has 0 bridgehead atoms. The highest BCUT2D eigenvalue weighted by molar-refractivity contribution is 4.81. The Morgan fingerprint density at radius 2 is 1.90 bits per heavy atom. The second kappa shape index (κ2) is 11.5. The van der Waals surface area contributed by atoms with Crippen LogP contribution in [-0.4, -0.2) is 61.4 Å². The maximum atomic E-state index is 9.81. The SMILES string of the molecule is CCCCOCCOCC(O)CNC1CCCCC1O. The summed E-state index contributed by atoms with van der Waals surface area (Å²) in [5.41, 5.74) is 0. The van der Waals surface area contributed by atoms with Gasteiger partial charge in [-0.25, -0.2) is 0 Å². The Kier molecular flexibility index (Phi) is 10.2. The van der Waals surface area contributed by atoms with Gasteiger partial charge in [0.25, 0.3) is 0 Å². The molecule has 0 aromatic carbocycles. The normalized spacial score (nSPS) is 24.8. The van der Waals surface area contributed by atoms with E-state index in [1.807, 2.05) is 0 Å². The van der Waals surface area contributed by atoms with E-state index in [0.717, 1.165) is 45.1 Å². The summed E-state index contributed by atoms with van der Waals surface area (Å²) in [5.74, 6) is 0. The zero-order valence-electron chi connectivity index (χ0n) is 12.7. The van der Waals surface area contributed by atoms with Gasteiger partial charge in [0, 0.05) is 19.2 Å². The monoisotopic (exact) mass is 289 g/mol. The molecule has 0 saturated heterocycles. The lowest BCUT2D eigenvalue weighted by Gasteiger charge is -2.29. The first-order valence-electron chi connectivity index (χ1n) is 7.99. The summed E-state index contributed by atoms with van der Waals surface area (Å²) in [6.07, 6.45) is 5.51. The Labute approximate surface area is 122 Å². The van der Waals surface area contributed by atoms with Gasteiger partial charge in [0.15, 0.2) is 0 Å². The first-order valence-corrected chi connectivity index (χ1v) is 7.99. The second-order valence-corrected chi connectivity index (χ2v) is 5.56. The van der Waals surface area contributed by atoms with Crippen LogP contribution in [0, 0.1) is 0 Å². The third-order valence-electron chi connectivity index (χ3n) is 3.67. The van der Waals surface area contributed by atoms with Crippen molar-refractivity contribution in [3.8, 4) is 0 Å². The topological polar surface area (TPSA) is 71.0 Å². The van der Waals surface area contributed by atoms with Gasteiger partial charge in [0.1, 0.15) is 0 Å². The molecule has 0 amide bonds. The van der Waals surface area contributed by atoms with Crippen LogP contribution in [0.15, 0.2) is 0 Å². The van der Waals surface area contributed by atoms with Crippen molar-refractivity contribution >= 4 is 0 Å². The van der Waals surface area contributed by atoms with Gasteiger partial charge in [-0.05, 0) is 19.3 Å². The number of aliphatic hydroxyl groups excluding tert-OH is 2. The zero-order chi connectivity index (χ0) is 14.6. The minimum Gasteiger partial charge on any atom is -0.392 e. The van der Waals surface area contributed by atoms with Gasteiger partial charge in [-0.3, -0.25) is 0 Å². The van der Waals surface area contributed by atoms with Crippen molar-refractivity contribution in [2.24, 2.45) is 0 Å². The van der Waals surface area contributed by atoms with E-state index in [2.05, 4.69) is 12.2 Å². The summed E-state index contributed by atoms with van der Waals surface area (Å²) in [6, 6.07) is 0.121. The van der Waals surface area contributed by atoms with E-state index < -0.39 is 6.10 Å². The molecular formula is C15H31NO4. The van der Waals surface area contributed by atoms with Crippen LogP contribution >= 0.6 is 0 Å². The van der Waals surface area contributed by atoms with Crippen molar-refractivity contribution in [1.29, 1.82) is 0 Å².